The minimum absolute atomic E-state index is 0.455. The Balaban J connectivity index is 2.36. The molecule has 0 aliphatic rings. The lowest BCUT2D eigenvalue weighted by Crippen LogP contribution is -1.95. The van der Waals surface area contributed by atoms with Gasteiger partial charge in [0.2, 0.25) is 5.95 Å². The fourth-order valence-corrected chi connectivity index (χ4v) is 1.76. The summed E-state index contributed by atoms with van der Waals surface area (Å²) in [5, 5.41) is 3.87. The SMILES string of the molecule is Nc1cc(Cl)c(Nc2ncc[nH]2)c(Cl)c1. The van der Waals surface area contributed by atoms with Crippen LogP contribution < -0.4 is 11.1 Å². The fourth-order valence-electron chi connectivity index (χ4n) is 1.16. The smallest absolute Gasteiger partial charge is 0.204 e. The molecule has 0 atom stereocenters. The molecule has 0 bridgehead atoms. The van der Waals surface area contributed by atoms with Crippen LogP contribution in [0.1, 0.15) is 0 Å². The Morgan fingerprint density at radius 1 is 1.27 bits per heavy atom. The summed E-state index contributed by atoms with van der Waals surface area (Å²) < 4.78 is 0. The third-order valence-electron chi connectivity index (χ3n) is 1.81. The van der Waals surface area contributed by atoms with Crippen molar-refractivity contribution in [3.63, 3.8) is 0 Å². The van der Waals surface area contributed by atoms with E-state index in [2.05, 4.69) is 15.3 Å². The lowest BCUT2D eigenvalue weighted by molar-refractivity contribution is 1.29. The first kappa shape index (κ1) is 10.1. The largest absolute Gasteiger partial charge is 0.399 e. The molecule has 2 aromatic rings. The second-order valence-corrected chi connectivity index (χ2v) is 3.74. The van der Waals surface area contributed by atoms with Crippen LogP contribution in [0.5, 0.6) is 0 Å². The number of hydrogen-bond donors (Lipinski definition) is 3. The molecule has 78 valence electrons. The summed E-state index contributed by atoms with van der Waals surface area (Å²) >= 11 is 12.0. The van der Waals surface area contributed by atoms with Gasteiger partial charge in [0, 0.05) is 18.1 Å². The zero-order valence-corrected chi connectivity index (χ0v) is 9.10. The number of rotatable bonds is 2. The van der Waals surface area contributed by atoms with Crippen molar-refractivity contribution in [3.05, 3.63) is 34.6 Å². The van der Waals surface area contributed by atoms with Gasteiger partial charge in [-0.3, -0.25) is 0 Å². The van der Waals surface area contributed by atoms with Gasteiger partial charge in [0.1, 0.15) is 0 Å². The van der Waals surface area contributed by atoms with Gasteiger partial charge in [0.05, 0.1) is 15.7 Å². The average molecular weight is 243 g/mol. The Kier molecular flexibility index (Phi) is 2.70. The summed E-state index contributed by atoms with van der Waals surface area (Å²) in [5.41, 5.74) is 6.69. The van der Waals surface area contributed by atoms with E-state index in [1.165, 1.54) is 0 Å². The van der Waals surface area contributed by atoms with Gasteiger partial charge in [0.25, 0.3) is 0 Å². The van der Waals surface area contributed by atoms with E-state index in [0.717, 1.165) is 0 Å². The highest BCUT2D eigenvalue weighted by Gasteiger charge is 2.08. The number of anilines is 3. The molecule has 0 unspecified atom stereocenters. The molecule has 0 saturated heterocycles. The van der Waals surface area contributed by atoms with E-state index in [9.17, 15) is 0 Å². The highest BCUT2D eigenvalue weighted by atomic mass is 35.5. The third-order valence-corrected chi connectivity index (χ3v) is 2.40. The monoisotopic (exact) mass is 242 g/mol. The van der Waals surface area contributed by atoms with Crippen LogP contribution in [-0.4, -0.2) is 9.97 Å². The number of aromatic nitrogens is 2. The third kappa shape index (κ3) is 2.16. The molecule has 0 amide bonds. The molecule has 0 radical (unpaired) electrons. The van der Waals surface area contributed by atoms with Crippen molar-refractivity contribution in [1.29, 1.82) is 0 Å². The van der Waals surface area contributed by atoms with E-state index >= 15 is 0 Å². The molecule has 4 nitrogen and oxygen atoms in total. The number of nitrogens with one attached hydrogen (secondary N) is 2. The van der Waals surface area contributed by atoms with Crippen molar-refractivity contribution in [2.75, 3.05) is 11.1 Å². The normalized spacial score (nSPS) is 10.3. The van der Waals surface area contributed by atoms with Gasteiger partial charge in [0.15, 0.2) is 0 Å². The maximum absolute atomic E-state index is 5.98. The maximum atomic E-state index is 5.98. The fraction of sp³-hybridized carbons (Fsp3) is 0. The molecule has 6 heteroatoms. The van der Waals surface area contributed by atoms with Crippen LogP contribution in [-0.2, 0) is 0 Å². The Labute approximate surface area is 96.4 Å². The quantitative estimate of drug-likeness (QED) is 0.710. The molecule has 15 heavy (non-hydrogen) atoms. The number of nitrogen functional groups attached to an aromatic ring is 1. The first-order valence-electron chi connectivity index (χ1n) is 4.18. The Morgan fingerprint density at radius 2 is 1.93 bits per heavy atom. The molecule has 0 aliphatic carbocycles. The predicted molar refractivity (Wildman–Crippen MR) is 62.7 cm³/mol. The number of nitrogens with two attached hydrogens (primary N) is 1. The molecular formula is C9H8Cl2N4. The second kappa shape index (κ2) is 4.00. The first-order valence-corrected chi connectivity index (χ1v) is 4.93. The highest BCUT2D eigenvalue weighted by molar-refractivity contribution is 6.39. The number of benzene rings is 1. The minimum atomic E-state index is 0.455. The Hall–Kier alpha value is -1.39. The van der Waals surface area contributed by atoms with Crippen molar-refractivity contribution >= 4 is 40.5 Å². The minimum Gasteiger partial charge on any atom is -0.399 e. The molecule has 0 spiro atoms. The molecule has 1 aromatic heterocycles. The number of imidazole rings is 1. The van der Waals surface area contributed by atoms with Crippen molar-refractivity contribution in [2.45, 2.75) is 0 Å². The van der Waals surface area contributed by atoms with E-state index in [4.69, 9.17) is 28.9 Å². The molecule has 0 saturated carbocycles. The highest BCUT2D eigenvalue weighted by Crippen LogP contribution is 2.34. The van der Waals surface area contributed by atoms with Gasteiger partial charge in [-0.25, -0.2) is 4.98 Å². The first-order chi connectivity index (χ1) is 7.16. The number of halogens is 2. The van der Waals surface area contributed by atoms with Crippen molar-refractivity contribution in [2.24, 2.45) is 0 Å². The van der Waals surface area contributed by atoms with E-state index in [1.807, 2.05) is 0 Å². The number of aromatic amines is 1. The van der Waals surface area contributed by atoms with Gasteiger partial charge in [-0.1, -0.05) is 23.2 Å². The van der Waals surface area contributed by atoms with Crippen LogP contribution >= 0.6 is 23.2 Å². The average Bonchev–Trinajstić information content (AvgIpc) is 2.63. The molecular weight excluding hydrogens is 235 g/mol. The lowest BCUT2D eigenvalue weighted by atomic mass is 10.3. The van der Waals surface area contributed by atoms with Crippen LogP contribution in [0.25, 0.3) is 0 Å². The Bertz CT molecular complexity index is 444. The van der Waals surface area contributed by atoms with Crippen LogP contribution in [0.15, 0.2) is 24.5 Å². The number of nitrogens with zero attached hydrogens (tertiary/aromatic N) is 1. The van der Waals surface area contributed by atoms with Crippen molar-refractivity contribution < 1.29 is 0 Å². The van der Waals surface area contributed by atoms with Crippen LogP contribution in [0.2, 0.25) is 10.0 Å². The molecule has 1 heterocycles. The second-order valence-electron chi connectivity index (χ2n) is 2.92. The topological polar surface area (TPSA) is 66.7 Å². The lowest BCUT2D eigenvalue weighted by Gasteiger charge is -2.08. The van der Waals surface area contributed by atoms with Gasteiger partial charge in [-0.2, -0.15) is 0 Å². The van der Waals surface area contributed by atoms with Crippen LogP contribution in [0.3, 0.4) is 0 Å². The van der Waals surface area contributed by atoms with Gasteiger partial charge in [-0.15, -0.1) is 0 Å². The molecule has 2 rings (SSSR count). The summed E-state index contributed by atoms with van der Waals surface area (Å²) in [5.74, 6) is 0.573. The molecule has 0 fully saturated rings. The summed E-state index contributed by atoms with van der Waals surface area (Å²) in [4.78, 5) is 6.88. The summed E-state index contributed by atoms with van der Waals surface area (Å²) in [6, 6.07) is 3.25. The van der Waals surface area contributed by atoms with Gasteiger partial charge in [-0.05, 0) is 12.1 Å². The van der Waals surface area contributed by atoms with Gasteiger partial charge < -0.3 is 16.0 Å². The Morgan fingerprint density at radius 3 is 2.47 bits per heavy atom. The molecule has 4 N–H and O–H groups in total. The maximum Gasteiger partial charge on any atom is 0.204 e. The molecule has 0 aliphatic heterocycles. The van der Waals surface area contributed by atoms with Crippen molar-refractivity contribution in [1.82, 2.24) is 9.97 Å². The summed E-state index contributed by atoms with van der Waals surface area (Å²) in [6.45, 7) is 0. The van der Waals surface area contributed by atoms with E-state index in [0.29, 0.717) is 27.4 Å². The van der Waals surface area contributed by atoms with Crippen LogP contribution in [0.4, 0.5) is 17.3 Å². The van der Waals surface area contributed by atoms with E-state index in [1.54, 1.807) is 24.5 Å². The van der Waals surface area contributed by atoms with E-state index in [-0.39, 0.29) is 0 Å². The zero-order valence-electron chi connectivity index (χ0n) is 7.59. The number of hydrogen-bond acceptors (Lipinski definition) is 3. The number of H-pyrrole nitrogens is 1. The predicted octanol–water partition coefficient (Wildman–Crippen LogP) is 3.04. The van der Waals surface area contributed by atoms with Crippen molar-refractivity contribution in [3.8, 4) is 0 Å². The van der Waals surface area contributed by atoms with E-state index < -0.39 is 0 Å². The van der Waals surface area contributed by atoms with Gasteiger partial charge >= 0.3 is 0 Å². The summed E-state index contributed by atoms with van der Waals surface area (Å²) in [7, 11) is 0. The summed E-state index contributed by atoms with van der Waals surface area (Å²) in [6.07, 6.45) is 3.32. The zero-order chi connectivity index (χ0) is 10.8. The van der Waals surface area contributed by atoms with Crippen LogP contribution in [0, 0.1) is 0 Å². The standard InChI is InChI=1S/C9H8Cl2N4/c10-6-3-5(12)4-7(11)8(6)15-9-13-1-2-14-9/h1-4H,12H2,(H2,13,14,15). The molecule has 1 aromatic carbocycles.